The molecule has 6 N–H and O–H groups in total. The standard InChI is InChI=1S/C22H27N7O2/c1-4-18(16-9-13(2)8-14(3)10-16)26-19(30)12-24-20(31)15-6-5-7-17(11-15)25-22-27-21(23)28-29-22/h5-11,18H,4,12H2,1-3H3,(H,24,31)(H,26,30)(H4,23,25,27,28,29). The maximum Gasteiger partial charge on any atom is 0.251 e. The van der Waals surface area contributed by atoms with Crippen molar-refractivity contribution in [2.45, 2.75) is 33.2 Å². The van der Waals surface area contributed by atoms with Crippen LogP contribution in [-0.2, 0) is 4.79 Å². The minimum Gasteiger partial charge on any atom is -0.368 e. The van der Waals surface area contributed by atoms with Gasteiger partial charge in [-0.25, -0.2) is 5.10 Å². The number of nitrogens with one attached hydrogen (secondary N) is 4. The number of aromatic amines is 1. The third kappa shape index (κ3) is 6.05. The number of nitrogen functional groups attached to an aromatic ring is 1. The Morgan fingerprint density at radius 3 is 2.52 bits per heavy atom. The topological polar surface area (TPSA) is 138 Å². The Balaban J connectivity index is 1.57. The van der Waals surface area contributed by atoms with Gasteiger partial charge in [0.2, 0.25) is 17.8 Å². The van der Waals surface area contributed by atoms with Crippen molar-refractivity contribution in [1.29, 1.82) is 0 Å². The third-order valence-electron chi connectivity index (χ3n) is 4.68. The van der Waals surface area contributed by atoms with Crippen LogP contribution in [0.2, 0.25) is 0 Å². The molecule has 162 valence electrons. The number of nitrogens with two attached hydrogens (primary N) is 1. The van der Waals surface area contributed by atoms with Crippen molar-refractivity contribution in [1.82, 2.24) is 25.8 Å². The van der Waals surface area contributed by atoms with Crippen LogP contribution >= 0.6 is 0 Å². The summed E-state index contributed by atoms with van der Waals surface area (Å²) in [7, 11) is 0. The number of anilines is 3. The minimum atomic E-state index is -0.354. The molecule has 0 fully saturated rings. The predicted octanol–water partition coefficient (Wildman–Crippen LogP) is 2.74. The summed E-state index contributed by atoms with van der Waals surface area (Å²) in [6, 6.07) is 12.9. The molecule has 0 aliphatic carbocycles. The fraction of sp³-hybridized carbons (Fsp3) is 0.273. The third-order valence-corrected chi connectivity index (χ3v) is 4.68. The highest BCUT2D eigenvalue weighted by Gasteiger charge is 2.15. The van der Waals surface area contributed by atoms with Crippen molar-refractivity contribution < 1.29 is 9.59 Å². The smallest absolute Gasteiger partial charge is 0.251 e. The van der Waals surface area contributed by atoms with E-state index in [0.29, 0.717) is 17.2 Å². The van der Waals surface area contributed by atoms with E-state index in [2.05, 4.69) is 49.3 Å². The summed E-state index contributed by atoms with van der Waals surface area (Å²) in [6.45, 7) is 5.97. The zero-order chi connectivity index (χ0) is 22.4. The number of hydrogen-bond acceptors (Lipinski definition) is 6. The van der Waals surface area contributed by atoms with Crippen LogP contribution in [0.15, 0.2) is 42.5 Å². The molecular weight excluding hydrogens is 394 g/mol. The molecule has 0 bridgehead atoms. The second-order valence-electron chi connectivity index (χ2n) is 7.38. The average Bonchev–Trinajstić information content (AvgIpc) is 3.14. The van der Waals surface area contributed by atoms with Crippen LogP contribution in [0.3, 0.4) is 0 Å². The van der Waals surface area contributed by atoms with Crippen molar-refractivity contribution in [2.24, 2.45) is 0 Å². The first-order valence-corrected chi connectivity index (χ1v) is 10.0. The first-order chi connectivity index (χ1) is 14.8. The molecule has 0 spiro atoms. The molecule has 3 aromatic rings. The van der Waals surface area contributed by atoms with Gasteiger partial charge >= 0.3 is 0 Å². The van der Waals surface area contributed by atoms with E-state index in [1.54, 1.807) is 24.3 Å². The lowest BCUT2D eigenvalue weighted by Gasteiger charge is -2.19. The van der Waals surface area contributed by atoms with Crippen LogP contribution in [0, 0.1) is 13.8 Å². The van der Waals surface area contributed by atoms with E-state index in [1.807, 2.05) is 20.8 Å². The molecule has 31 heavy (non-hydrogen) atoms. The maximum absolute atomic E-state index is 12.5. The van der Waals surface area contributed by atoms with E-state index in [9.17, 15) is 9.59 Å². The molecule has 0 saturated carbocycles. The largest absolute Gasteiger partial charge is 0.368 e. The van der Waals surface area contributed by atoms with Crippen LogP contribution < -0.4 is 21.7 Å². The van der Waals surface area contributed by atoms with Crippen LogP contribution in [0.1, 0.15) is 46.4 Å². The van der Waals surface area contributed by atoms with Gasteiger partial charge in [0.05, 0.1) is 12.6 Å². The van der Waals surface area contributed by atoms with Crippen LogP contribution in [0.4, 0.5) is 17.6 Å². The van der Waals surface area contributed by atoms with E-state index in [-0.39, 0.29) is 30.3 Å². The molecule has 9 heteroatoms. The molecule has 2 aromatic carbocycles. The summed E-state index contributed by atoms with van der Waals surface area (Å²) in [5.74, 6) is -0.113. The molecule has 1 atom stereocenters. The predicted molar refractivity (Wildman–Crippen MR) is 120 cm³/mol. The first-order valence-electron chi connectivity index (χ1n) is 10.0. The van der Waals surface area contributed by atoms with Gasteiger partial charge in [-0.15, -0.1) is 5.10 Å². The lowest BCUT2D eigenvalue weighted by molar-refractivity contribution is -0.120. The monoisotopic (exact) mass is 421 g/mol. The van der Waals surface area contributed by atoms with E-state index in [0.717, 1.165) is 23.1 Å². The Morgan fingerprint density at radius 1 is 1.13 bits per heavy atom. The van der Waals surface area contributed by atoms with E-state index >= 15 is 0 Å². The summed E-state index contributed by atoms with van der Waals surface area (Å²) in [5, 5.41) is 15.0. The van der Waals surface area contributed by atoms with Gasteiger partial charge in [0.15, 0.2) is 0 Å². The Kier molecular flexibility index (Phi) is 6.86. The molecular formula is C22H27N7O2. The number of carbonyl (C=O) groups is 2. The first kappa shape index (κ1) is 21.8. The van der Waals surface area contributed by atoms with Gasteiger partial charge in [-0.1, -0.05) is 42.3 Å². The fourth-order valence-electron chi connectivity index (χ4n) is 3.34. The number of hydrogen-bond donors (Lipinski definition) is 5. The number of aryl methyl sites for hydroxylation is 2. The molecule has 0 aliphatic rings. The number of aromatic nitrogens is 3. The Morgan fingerprint density at radius 2 is 1.87 bits per heavy atom. The summed E-state index contributed by atoms with van der Waals surface area (Å²) >= 11 is 0. The van der Waals surface area contributed by atoms with E-state index < -0.39 is 0 Å². The number of nitrogens with zero attached hydrogens (tertiary/aromatic N) is 2. The van der Waals surface area contributed by atoms with Gasteiger partial charge in [-0.05, 0) is 44.0 Å². The molecule has 1 aromatic heterocycles. The van der Waals surface area contributed by atoms with Gasteiger partial charge in [0.1, 0.15) is 0 Å². The van der Waals surface area contributed by atoms with Gasteiger partial charge in [-0.3, -0.25) is 9.59 Å². The summed E-state index contributed by atoms with van der Waals surface area (Å²) in [5.41, 5.74) is 9.89. The normalized spacial score (nSPS) is 11.6. The zero-order valence-electron chi connectivity index (χ0n) is 17.8. The highest BCUT2D eigenvalue weighted by atomic mass is 16.2. The van der Waals surface area contributed by atoms with E-state index in [1.165, 1.54) is 0 Å². The zero-order valence-corrected chi connectivity index (χ0v) is 17.8. The maximum atomic E-state index is 12.5. The molecule has 9 nitrogen and oxygen atoms in total. The Bertz CT molecular complexity index is 1060. The lowest BCUT2D eigenvalue weighted by atomic mass is 9.99. The van der Waals surface area contributed by atoms with E-state index in [4.69, 9.17) is 5.73 Å². The number of carbonyl (C=O) groups excluding carboxylic acids is 2. The van der Waals surface area contributed by atoms with Crippen LogP contribution in [0.5, 0.6) is 0 Å². The highest BCUT2D eigenvalue weighted by molar-refractivity contribution is 5.97. The van der Waals surface area contributed by atoms with Crippen molar-refractivity contribution in [3.63, 3.8) is 0 Å². The summed E-state index contributed by atoms with van der Waals surface area (Å²) in [4.78, 5) is 28.9. The molecule has 2 amide bonds. The molecule has 0 aliphatic heterocycles. The number of H-pyrrole nitrogens is 1. The quantitative estimate of drug-likeness (QED) is 0.379. The second-order valence-corrected chi connectivity index (χ2v) is 7.38. The highest BCUT2D eigenvalue weighted by Crippen LogP contribution is 2.20. The number of rotatable bonds is 8. The second kappa shape index (κ2) is 9.75. The summed E-state index contributed by atoms with van der Waals surface area (Å²) < 4.78 is 0. The minimum absolute atomic E-state index is 0.107. The van der Waals surface area contributed by atoms with Gasteiger partial charge < -0.3 is 21.7 Å². The molecule has 0 radical (unpaired) electrons. The molecule has 1 heterocycles. The molecule has 0 saturated heterocycles. The number of amides is 2. The molecule has 1 unspecified atom stereocenters. The van der Waals surface area contributed by atoms with Gasteiger partial charge in [0.25, 0.3) is 5.91 Å². The lowest BCUT2D eigenvalue weighted by Crippen LogP contribution is -2.38. The van der Waals surface area contributed by atoms with Crippen molar-refractivity contribution in [3.8, 4) is 0 Å². The Hall–Kier alpha value is -3.88. The van der Waals surface area contributed by atoms with Crippen LogP contribution in [0.25, 0.3) is 0 Å². The van der Waals surface area contributed by atoms with Crippen molar-refractivity contribution in [3.05, 3.63) is 64.7 Å². The van der Waals surface area contributed by atoms with Crippen molar-refractivity contribution >= 4 is 29.4 Å². The molecule has 3 rings (SSSR count). The van der Waals surface area contributed by atoms with Crippen LogP contribution in [-0.4, -0.2) is 33.5 Å². The SMILES string of the molecule is CCC(NC(=O)CNC(=O)c1cccc(Nc2n[nH]c(N)n2)c1)c1cc(C)cc(C)c1. The average molecular weight is 422 g/mol. The van der Waals surface area contributed by atoms with Gasteiger partial charge in [0, 0.05) is 11.3 Å². The van der Waals surface area contributed by atoms with Gasteiger partial charge in [-0.2, -0.15) is 4.98 Å². The van der Waals surface area contributed by atoms with Crippen molar-refractivity contribution in [2.75, 3.05) is 17.6 Å². The number of benzene rings is 2. The fourth-order valence-corrected chi connectivity index (χ4v) is 3.34. The Labute approximate surface area is 180 Å². The summed E-state index contributed by atoms with van der Waals surface area (Å²) in [6.07, 6.45) is 0.752.